The van der Waals surface area contributed by atoms with Gasteiger partial charge in [0.25, 0.3) is 0 Å². The highest BCUT2D eigenvalue weighted by Crippen LogP contribution is 2.38. The van der Waals surface area contributed by atoms with Crippen molar-refractivity contribution in [2.45, 2.75) is 44.6 Å². The Morgan fingerprint density at radius 3 is 2.75 bits per heavy atom. The van der Waals surface area contributed by atoms with Crippen molar-refractivity contribution in [3.8, 4) is 0 Å². The quantitative estimate of drug-likeness (QED) is 0.773. The van der Waals surface area contributed by atoms with Crippen molar-refractivity contribution in [1.29, 1.82) is 0 Å². The zero-order chi connectivity index (χ0) is 11.0. The van der Waals surface area contributed by atoms with Gasteiger partial charge < -0.3 is 4.90 Å². The minimum Gasteiger partial charge on any atom is -0.350 e. The van der Waals surface area contributed by atoms with Crippen molar-refractivity contribution in [3.05, 3.63) is 5.15 Å². The molecule has 1 saturated heterocycles. The summed E-state index contributed by atoms with van der Waals surface area (Å²) in [5.41, 5.74) is 0. The molecule has 1 saturated carbocycles. The van der Waals surface area contributed by atoms with Gasteiger partial charge in [-0.15, -0.1) is 0 Å². The van der Waals surface area contributed by atoms with Gasteiger partial charge in [0.1, 0.15) is 0 Å². The molecule has 1 aliphatic carbocycles. The SMILES string of the molecule is Clc1nsnc1N1CCC[C@H]2CCCC[C@H]21. The van der Waals surface area contributed by atoms with Crippen LogP contribution in [-0.4, -0.2) is 21.3 Å². The summed E-state index contributed by atoms with van der Waals surface area (Å²) in [5.74, 6) is 1.79. The third-order valence-corrected chi connectivity index (χ3v) is 4.82. The van der Waals surface area contributed by atoms with Gasteiger partial charge in [-0.05, 0) is 31.6 Å². The van der Waals surface area contributed by atoms with Crippen molar-refractivity contribution < 1.29 is 0 Å². The van der Waals surface area contributed by atoms with E-state index >= 15 is 0 Å². The van der Waals surface area contributed by atoms with E-state index in [4.69, 9.17) is 11.6 Å². The molecule has 0 bridgehead atoms. The second-order valence-corrected chi connectivity index (χ2v) is 5.71. The van der Waals surface area contributed by atoms with Gasteiger partial charge in [0, 0.05) is 12.6 Å². The zero-order valence-corrected chi connectivity index (χ0v) is 10.8. The molecule has 3 rings (SSSR count). The molecule has 1 aromatic heterocycles. The largest absolute Gasteiger partial charge is 0.350 e. The fourth-order valence-corrected chi connectivity index (χ4v) is 3.99. The lowest BCUT2D eigenvalue weighted by molar-refractivity contribution is 0.243. The minimum atomic E-state index is 0.594. The third kappa shape index (κ3) is 1.82. The van der Waals surface area contributed by atoms with E-state index in [2.05, 4.69) is 13.6 Å². The molecule has 0 aromatic carbocycles. The van der Waals surface area contributed by atoms with Crippen molar-refractivity contribution in [2.24, 2.45) is 5.92 Å². The predicted octanol–water partition coefficient (Wildman–Crippen LogP) is 3.35. The van der Waals surface area contributed by atoms with E-state index in [9.17, 15) is 0 Å². The number of nitrogens with zero attached hydrogens (tertiary/aromatic N) is 3. The Hall–Kier alpha value is -0.350. The smallest absolute Gasteiger partial charge is 0.187 e. The highest BCUT2D eigenvalue weighted by atomic mass is 35.5. The molecular formula is C11H16ClN3S. The molecule has 2 fully saturated rings. The molecule has 0 N–H and O–H groups in total. The first-order valence-corrected chi connectivity index (χ1v) is 7.22. The van der Waals surface area contributed by atoms with Crippen LogP contribution in [0.15, 0.2) is 0 Å². The molecular weight excluding hydrogens is 242 g/mol. The van der Waals surface area contributed by atoms with Crippen LogP contribution in [0.25, 0.3) is 0 Å². The number of fused-ring (bicyclic) bond motifs is 1. The summed E-state index contributed by atoms with van der Waals surface area (Å²) >= 11 is 7.33. The average Bonchev–Trinajstić information content (AvgIpc) is 2.75. The molecule has 5 heteroatoms. The van der Waals surface area contributed by atoms with Crippen LogP contribution in [0.1, 0.15) is 38.5 Å². The van der Waals surface area contributed by atoms with Gasteiger partial charge in [-0.25, -0.2) is 0 Å². The van der Waals surface area contributed by atoms with Crippen LogP contribution in [-0.2, 0) is 0 Å². The van der Waals surface area contributed by atoms with E-state index < -0.39 is 0 Å². The molecule has 0 spiro atoms. The summed E-state index contributed by atoms with van der Waals surface area (Å²) in [4.78, 5) is 2.42. The second kappa shape index (κ2) is 4.49. The monoisotopic (exact) mass is 257 g/mol. The number of hydrogen-bond acceptors (Lipinski definition) is 4. The van der Waals surface area contributed by atoms with E-state index in [1.54, 1.807) is 0 Å². The van der Waals surface area contributed by atoms with Gasteiger partial charge in [0.15, 0.2) is 11.0 Å². The fourth-order valence-electron chi connectivity index (χ4n) is 3.23. The molecule has 1 aliphatic heterocycles. The van der Waals surface area contributed by atoms with Crippen LogP contribution in [0, 0.1) is 5.92 Å². The second-order valence-electron chi connectivity index (χ2n) is 4.83. The minimum absolute atomic E-state index is 0.594. The van der Waals surface area contributed by atoms with Crippen LogP contribution in [0.5, 0.6) is 0 Å². The summed E-state index contributed by atoms with van der Waals surface area (Å²) in [7, 11) is 0. The van der Waals surface area contributed by atoms with E-state index in [0.29, 0.717) is 11.2 Å². The lowest BCUT2D eigenvalue weighted by Gasteiger charge is -2.44. The van der Waals surface area contributed by atoms with E-state index in [1.807, 2.05) is 0 Å². The van der Waals surface area contributed by atoms with Crippen LogP contribution in [0.2, 0.25) is 5.15 Å². The highest BCUT2D eigenvalue weighted by Gasteiger charge is 2.35. The maximum absolute atomic E-state index is 6.10. The van der Waals surface area contributed by atoms with Gasteiger partial charge >= 0.3 is 0 Å². The predicted molar refractivity (Wildman–Crippen MR) is 67.2 cm³/mol. The first-order chi connectivity index (χ1) is 7.86. The van der Waals surface area contributed by atoms with Gasteiger partial charge in [-0.3, -0.25) is 0 Å². The zero-order valence-electron chi connectivity index (χ0n) is 9.23. The summed E-state index contributed by atoms with van der Waals surface area (Å²) in [6.07, 6.45) is 8.10. The maximum Gasteiger partial charge on any atom is 0.187 e. The van der Waals surface area contributed by atoms with Crippen molar-refractivity contribution in [2.75, 3.05) is 11.4 Å². The summed E-state index contributed by atoms with van der Waals surface area (Å²) in [6, 6.07) is 0.670. The van der Waals surface area contributed by atoms with Crippen LogP contribution >= 0.6 is 23.3 Å². The van der Waals surface area contributed by atoms with Gasteiger partial charge in [0.2, 0.25) is 0 Å². The fraction of sp³-hybridized carbons (Fsp3) is 0.818. The van der Waals surface area contributed by atoms with Crippen molar-refractivity contribution >= 4 is 29.1 Å². The number of anilines is 1. The Morgan fingerprint density at radius 2 is 1.94 bits per heavy atom. The Labute approximate surface area is 105 Å². The maximum atomic E-state index is 6.10. The average molecular weight is 258 g/mol. The molecule has 88 valence electrons. The number of halogens is 1. The number of hydrogen-bond donors (Lipinski definition) is 0. The van der Waals surface area contributed by atoms with Gasteiger partial charge in [-0.1, -0.05) is 24.4 Å². The molecule has 3 nitrogen and oxygen atoms in total. The van der Waals surface area contributed by atoms with Crippen molar-refractivity contribution in [3.63, 3.8) is 0 Å². The van der Waals surface area contributed by atoms with Gasteiger partial charge in [0.05, 0.1) is 11.7 Å². The Kier molecular flexibility index (Phi) is 3.03. The molecule has 2 heterocycles. The number of piperidine rings is 1. The molecule has 2 aliphatic rings. The van der Waals surface area contributed by atoms with Gasteiger partial charge in [-0.2, -0.15) is 8.75 Å². The normalized spacial score (nSPS) is 30.2. The molecule has 16 heavy (non-hydrogen) atoms. The van der Waals surface area contributed by atoms with E-state index in [0.717, 1.165) is 18.3 Å². The summed E-state index contributed by atoms with van der Waals surface area (Å²) < 4.78 is 8.44. The Bertz CT molecular complexity index is 366. The third-order valence-electron chi connectivity index (χ3n) is 3.95. The topological polar surface area (TPSA) is 29.0 Å². The molecule has 0 radical (unpaired) electrons. The van der Waals surface area contributed by atoms with Crippen LogP contribution < -0.4 is 4.90 Å². The number of aromatic nitrogens is 2. The molecule has 0 amide bonds. The summed E-state index contributed by atoms with van der Waals surface area (Å²) in [5, 5.41) is 0.594. The first kappa shape index (κ1) is 10.8. The highest BCUT2D eigenvalue weighted by molar-refractivity contribution is 6.99. The lowest BCUT2D eigenvalue weighted by atomic mass is 9.78. The molecule has 0 unspecified atom stereocenters. The molecule has 1 aromatic rings. The first-order valence-electron chi connectivity index (χ1n) is 6.11. The molecule has 2 atom stereocenters. The Morgan fingerprint density at radius 1 is 1.12 bits per heavy atom. The number of rotatable bonds is 1. The standard InChI is InChI=1S/C11H16ClN3S/c12-10-11(14-16-13-10)15-7-3-5-8-4-1-2-6-9(8)15/h8-9H,1-7H2/t8-,9-/m1/s1. The summed E-state index contributed by atoms with van der Waals surface area (Å²) in [6.45, 7) is 1.10. The van der Waals surface area contributed by atoms with E-state index in [-0.39, 0.29) is 0 Å². The lowest BCUT2D eigenvalue weighted by Crippen LogP contribution is -2.47. The van der Waals surface area contributed by atoms with Crippen LogP contribution in [0.3, 0.4) is 0 Å². The van der Waals surface area contributed by atoms with E-state index in [1.165, 1.54) is 50.3 Å². The van der Waals surface area contributed by atoms with Crippen LogP contribution in [0.4, 0.5) is 5.82 Å². The Balaban J connectivity index is 1.86. The van der Waals surface area contributed by atoms with Crippen molar-refractivity contribution in [1.82, 2.24) is 8.75 Å².